The third-order valence-corrected chi connectivity index (χ3v) is 3.09. The summed E-state index contributed by atoms with van der Waals surface area (Å²) < 4.78 is 37.1. The highest BCUT2D eigenvalue weighted by atomic mass is 79.9. The van der Waals surface area contributed by atoms with Crippen molar-refractivity contribution in [2.24, 2.45) is 0 Å². The highest BCUT2D eigenvalue weighted by Gasteiger charge is 2.32. The van der Waals surface area contributed by atoms with Gasteiger partial charge in [-0.05, 0) is 24.0 Å². The van der Waals surface area contributed by atoms with Crippen molar-refractivity contribution in [1.82, 2.24) is 0 Å². The van der Waals surface area contributed by atoms with Crippen molar-refractivity contribution in [2.75, 3.05) is 5.75 Å². The maximum Gasteiger partial charge on any atom is 0.417 e. The summed E-state index contributed by atoms with van der Waals surface area (Å²) in [7, 11) is 0. The molecule has 0 fully saturated rings. The first-order valence-electron chi connectivity index (χ1n) is 3.94. The molecular weight excluding hydrogens is 277 g/mol. The van der Waals surface area contributed by atoms with Crippen molar-refractivity contribution in [3.05, 3.63) is 28.2 Å². The second kappa shape index (κ2) is 4.57. The van der Waals surface area contributed by atoms with Crippen LogP contribution >= 0.6 is 27.7 Å². The fourth-order valence-corrected chi connectivity index (χ4v) is 2.44. The Labute approximate surface area is 93.0 Å². The molecular formula is C9H8BrF3S. The zero-order valence-electron chi connectivity index (χ0n) is 7.36. The van der Waals surface area contributed by atoms with Crippen molar-refractivity contribution >= 4 is 27.7 Å². The largest absolute Gasteiger partial charge is 0.417 e. The maximum atomic E-state index is 12.3. The van der Waals surface area contributed by atoms with E-state index in [-0.39, 0.29) is 4.47 Å². The van der Waals surface area contributed by atoms with Gasteiger partial charge in [-0.1, -0.05) is 22.9 Å². The van der Waals surface area contributed by atoms with Crippen LogP contribution < -0.4 is 0 Å². The fourth-order valence-electron chi connectivity index (χ4n) is 0.982. The molecule has 0 spiro atoms. The smallest absolute Gasteiger partial charge is 0.166 e. The Hall–Kier alpha value is -0.160. The first-order chi connectivity index (χ1) is 6.45. The standard InChI is InChI=1S/C9H8BrF3S/c1-2-14-6-3-4-7(8(10)5-6)9(11,12)13/h3-5H,2H2,1H3. The Morgan fingerprint density at radius 3 is 2.43 bits per heavy atom. The molecule has 1 aromatic carbocycles. The van der Waals surface area contributed by atoms with Gasteiger partial charge in [-0.3, -0.25) is 0 Å². The quantitative estimate of drug-likeness (QED) is 0.717. The third kappa shape index (κ3) is 2.92. The third-order valence-electron chi connectivity index (χ3n) is 1.56. The minimum atomic E-state index is -4.28. The molecule has 0 unspecified atom stereocenters. The lowest BCUT2D eigenvalue weighted by atomic mass is 10.2. The van der Waals surface area contributed by atoms with Gasteiger partial charge in [0.15, 0.2) is 0 Å². The number of alkyl halides is 3. The van der Waals surface area contributed by atoms with E-state index in [2.05, 4.69) is 15.9 Å². The summed E-state index contributed by atoms with van der Waals surface area (Å²) in [6.45, 7) is 1.95. The normalized spacial score (nSPS) is 11.8. The zero-order valence-corrected chi connectivity index (χ0v) is 9.76. The van der Waals surface area contributed by atoms with Crippen LogP contribution in [0.25, 0.3) is 0 Å². The van der Waals surface area contributed by atoms with E-state index in [0.29, 0.717) is 0 Å². The lowest BCUT2D eigenvalue weighted by Gasteiger charge is -2.09. The van der Waals surface area contributed by atoms with Gasteiger partial charge in [-0.25, -0.2) is 0 Å². The Morgan fingerprint density at radius 1 is 1.36 bits per heavy atom. The Morgan fingerprint density at radius 2 is 2.00 bits per heavy atom. The zero-order chi connectivity index (χ0) is 10.8. The van der Waals surface area contributed by atoms with Crippen LogP contribution in [0.5, 0.6) is 0 Å². The van der Waals surface area contributed by atoms with Gasteiger partial charge in [0.05, 0.1) is 5.56 Å². The molecule has 0 amide bonds. The van der Waals surface area contributed by atoms with E-state index in [9.17, 15) is 13.2 Å². The van der Waals surface area contributed by atoms with E-state index in [0.717, 1.165) is 16.7 Å². The SMILES string of the molecule is CCSc1ccc(C(F)(F)F)c(Br)c1. The highest BCUT2D eigenvalue weighted by molar-refractivity contribution is 9.10. The van der Waals surface area contributed by atoms with Crippen LogP contribution in [0.3, 0.4) is 0 Å². The highest BCUT2D eigenvalue weighted by Crippen LogP contribution is 2.36. The van der Waals surface area contributed by atoms with Crippen LogP contribution in [0.1, 0.15) is 12.5 Å². The van der Waals surface area contributed by atoms with Crippen molar-refractivity contribution in [3.8, 4) is 0 Å². The van der Waals surface area contributed by atoms with Gasteiger partial charge in [0.2, 0.25) is 0 Å². The second-order valence-corrected chi connectivity index (χ2v) is 4.76. The van der Waals surface area contributed by atoms with E-state index < -0.39 is 11.7 Å². The van der Waals surface area contributed by atoms with Gasteiger partial charge in [0, 0.05) is 9.37 Å². The van der Waals surface area contributed by atoms with Crippen LogP contribution in [0, 0.1) is 0 Å². The molecule has 0 radical (unpaired) electrons. The Kier molecular flexibility index (Phi) is 3.89. The molecule has 0 aliphatic rings. The Bertz CT molecular complexity index is 322. The minimum absolute atomic E-state index is 0.100. The number of rotatable bonds is 2. The predicted molar refractivity (Wildman–Crippen MR) is 55.5 cm³/mol. The summed E-state index contributed by atoms with van der Waals surface area (Å²) in [5.74, 6) is 0.845. The van der Waals surface area contributed by atoms with Crippen LogP contribution in [0.2, 0.25) is 0 Å². The number of hydrogen-bond acceptors (Lipinski definition) is 1. The lowest BCUT2D eigenvalue weighted by Crippen LogP contribution is -2.05. The number of thioether (sulfide) groups is 1. The monoisotopic (exact) mass is 284 g/mol. The molecule has 0 aromatic heterocycles. The summed E-state index contributed by atoms with van der Waals surface area (Å²) in [6.07, 6.45) is -4.28. The van der Waals surface area contributed by atoms with Crippen LogP contribution in [0.4, 0.5) is 13.2 Å². The first-order valence-corrected chi connectivity index (χ1v) is 5.72. The molecule has 0 aliphatic heterocycles. The minimum Gasteiger partial charge on any atom is -0.166 e. The molecule has 1 rings (SSSR count). The van der Waals surface area contributed by atoms with Crippen molar-refractivity contribution in [1.29, 1.82) is 0 Å². The van der Waals surface area contributed by atoms with E-state index in [1.807, 2.05) is 6.92 Å². The summed E-state index contributed by atoms with van der Waals surface area (Å²) in [4.78, 5) is 0.840. The van der Waals surface area contributed by atoms with Crippen LogP contribution in [0.15, 0.2) is 27.6 Å². The Balaban J connectivity index is 3.02. The number of halogens is 4. The first kappa shape index (κ1) is 11.9. The maximum absolute atomic E-state index is 12.3. The summed E-state index contributed by atoms with van der Waals surface area (Å²) >= 11 is 4.43. The molecule has 0 bridgehead atoms. The van der Waals surface area contributed by atoms with Gasteiger partial charge >= 0.3 is 6.18 Å². The van der Waals surface area contributed by atoms with Crippen LogP contribution in [-0.4, -0.2) is 5.75 Å². The number of benzene rings is 1. The molecule has 1 aromatic rings. The topological polar surface area (TPSA) is 0 Å². The van der Waals surface area contributed by atoms with Crippen LogP contribution in [-0.2, 0) is 6.18 Å². The van der Waals surface area contributed by atoms with Gasteiger partial charge in [-0.15, -0.1) is 11.8 Å². The molecule has 0 saturated carbocycles. The molecule has 5 heteroatoms. The van der Waals surface area contributed by atoms with E-state index in [1.54, 1.807) is 0 Å². The molecule has 0 saturated heterocycles. The lowest BCUT2D eigenvalue weighted by molar-refractivity contribution is -0.138. The molecule has 0 N–H and O–H groups in total. The summed E-state index contributed by atoms with van der Waals surface area (Å²) in [5, 5.41) is 0. The predicted octanol–water partition coefficient (Wildman–Crippen LogP) is 4.58. The average molecular weight is 285 g/mol. The van der Waals surface area contributed by atoms with Gasteiger partial charge < -0.3 is 0 Å². The van der Waals surface area contributed by atoms with E-state index >= 15 is 0 Å². The molecule has 0 aliphatic carbocycles. The molecule has 0 heterocycles. The van der Waals surface area contributed by atoms with E-state index in [4.69, 9.17) is 0 Å². The molecule has 78 valence electrons. The fraction of sp³-hybridized carbons (Fsp3) is 0.333. The van der Waals surface area contributed by atoms with Gasteiger partial charge in [0.25, 0.3) is 0 Å². The molecule has 0 nitrogen and oxygen atoms in total. The van der Waals surface area contributed by atoms with Crippen molar-refractivity contribution in [2.45, 2.75) is 18.0 Å². The van der Waals surface area contributed by atoms with Gasteiger partial charge in [0.1, 0.15) is 0 Å². The summed E-state index contributed by atoms with van der Waals surface area (Å²) in [5.41, 5.74) is -0.627. The summed E-state index contributed by atoms with van der Waals surface area (Å²) in [6, 6.07) is 4.08. The average Bonchev–Trinajstić information content (AvgIpc) is 2.02. The molecule has 0 atom stereocenters. The number of hydrogen-bond donors (Lipinski definition) is 0. The van der Waals surface area contributed by atoms with Crippen molar-refractivity contribution < 1.29 is 13.2 Å². The van der Waals surface area contributed by atoms with E-state index in [1.165, 1.54) is 23.9 Å². The second-order valence-electron chi connectivity index (χ2n) is 2.57. The van der Waals surface area contributed by atoms with Crippen molar-refractivity contribution in [3.63, 3.8) is 0 Å². The van der Waals surface area contributed by atoms with Gasteiger partial charge in [-0.2, -0.15) is 13.2 Å². The molecule has 14 heavy (non-hydrogen) atoms.